The van der Waals surface area contributed by atoms with Gasteiger partial charge in [0.25, 0.3) is 0 Å². The van der Waals surface area contributed by atoms with E-state index < -0.39 is 9.84 Å². The Morgan fingerprint density at radius 2 is 1.94 bits per heavy atom. The monoisotopic (exact) mass is 517 g/mol. The number of likely N-dealkylation sites (tertiary alicyclic amines) is 1. The third-order valence-electron chi connectivity index (χ3n) is 6.53. The van der Waals surface area contributed by atoms with Gasteiger partial charge in [0.2, 0.25) is 5.91 Å². The second kappa shape index (κ2) is 11.9. The Morgan fingerprint density at radius 1 is 1.23 bits per heavy atom. The van der Waals surface area contributed by atoms with Crippen LogP contribution in [0.25, 0.3) is 0 Å². The minimum atomic E-state index is -3.47. The van der Waals surface area contributed by atoms with Crippen molar-refractivity contribution in [1.82, 2.24) is 9.80 Å². The molecule has 1 aliphatic rings. The first-order valence-corrected chi connectivity index (χ1v) is 13.7. The molecule has 1 amide bonds. The van der Waals surface area contributed by atoms with Crippen LogP contribution in [0.2, 0.25) is 5.02 Å². The first kappa shape index (κ1) is 27.0. The lowest BCUT2D eigenvalue weighted by Gasteiger charge is -2.17. The number of halogens is 1. The number of nitriles is 1. The summed E-state index contributed by atoms with van der Waals surface area (Å²) in [4.78, 5) is 15.3. The Labute approximate surface area is 213 Å². The van der Waals surface area contributed by atoms with E-state index in [2.05, 4.69) is 17.9 Å². The number of ether oxygens (including phenoxy) is 1. The summed E-state index contributed by atoms with van der Waals surface area (Å²) in [5, 5.41) is 9.72. The van der Waals surface area contributed by atoms with E-state index in [0.29, 0.717) is 34.8 Å². The van der Waals surface area contributed by atoms with E-state index in [9.17, 15) is 13.2 Å². The predicted octanol–water partition coefficient (Wildman–Crippen LogP) is 3.65. The van der Waals surface area contributed by atoms with Crippen molar-refractivity contribution in [3.63, 3.8) is 0 Å². The van der Waals surface area contributed by atoms with Gasteiger partial charge in [-0.2, -0.15) is 5.26 Å². The molecule has 0 bridgehead atoms. The highest BCUT2D eigenvalue weighted by Gasteiger charge is 2.29. The Kier molecular flexibility index (Phi) is 9.17. The molecule has 0 aromatic heterocycles. The molecule has 3 rings (SSSR count). The zero-order chi connectivity index (χ0) is 25.6. The molecule has 2 aromatic rings. The number of carbonyl (C=O) groups excluding carboxylic acids is 1. The van der Waals surface area contributed by atoms with E-state index in [0.717, 1.165) is 31.6 Å². The minimum absolute atomic E-state index is 0.119. The largest absolute Gasteiger partial charge is 0.493 e. The maximum absolute atomic E-state index is 12.5. The van der Waals surface area contributed by atoms with Gasteiger partial charge in [0.15, 0.2) is 9.84 Å². The fraction of sp³-hybridized carbons (Fsp3) is 0.462. The summed E-state index contributed by atoms with van der Waals surface area (Å²) in [5.41, 5.74) is 1.64. The molecule has 0 spiro atoms. The zero-order valence-corrected chi connectivity index (χ0v) is 22.0. The van der Waals surface area contributed by atoms with E-state index in [4.69, 9.17) is 21.6 Å². The molecule has 0 radical (unpaired) electrons. The van der Waals surface area contributed by atoms with E-state index in [-0.39, 0.29) is 23.1 Å². The Hall–Kier alpha value is -2.60. The Bertz CT molecular complexity index is 1180. The van der Waals surface area contributed by atoms with Gasteiger partial charge in [0, 0.05) is 51.1 Å². The maximum Gasteiger partial charge on any atom is 0.219 e. The SMILES string of the molecule is CC(=O)N(C)CCS(=O)(=O)c1ccc(OC[C@@H]2CN(CCc3cc(Cl)cc(C#N)c3)C[C@H]2C)cc1. The Morgan fingerprint density at radius 3 is 2.60 bits per heavy atom. The van der Waals surface area contributed by atoms with E-state index in [1.807, 2.05) is 12.1 Å². The highest BCUT2D eigenvalue weighted by Crippen LogP contribution is 2.25. The topological polar surface area (TPSA) is 90.7 Å². The van der Waals surface area contributed by atoms with Crippen LogP contribution in [0.4, 0.5) is 0 Å². The molecule has 188 valence electrons. The fourth-order valence-electron chi connectivity index (χ4n) is 4.17. The van der Waals surface area contributed by atoms with Crippen LogP contribution in [-0.4, -0.2) is 69.7 Å². The summed E-state index contributed by atoms with van der Waals surface area (Å²) in [6.07, 6.45) is 0.827. The molecule has 1 heterocycles. The second-order valence-electron chi connectivity index (χ2n) is 9.25. The number of amides is 1. The highest BCUT2D eigenvalue weighted by molar-refractivity contribution is 7.91. The average molecular weight is 518 g/mol. The third-order valence-corrected chi connectivity index (χ3v) is 8.46. The fourth-order valence-corrected chi connectivity index (χ4v) is 5.73. The number of sulfone groups is 1. The molecule has 1 aliphatic heterocycles. The van der Waals surface area contributed by atoms with Crippen molar-refractivity contribution in [2.75, 3.05) is 45.6 Å². The van der Waals surface area contributed by atoms with Crippen molar-refractivity contribution >= 4 is 27.3 Å². The minimum Gasteiger partial charge on any atom is -0.493 e. The van der Waals surface area contributed by atoms with Gasteiger partial charge in [-0.25, -0.2) is 8.42 Å². The van der Waals surface area contributed by atoms with Gasteiger partial charge in [0.1, 0.15) is 5.75 Å². The summed E-state index contributed by atoms with van der Waals surface area (Å²) in [7, 11) is -1.89. The van der Waals surface area contributed by atoms with Gasteiger partial charge < -0.3 is 14.5 Å². The van der Waals surface area contributed by atoms with Crippen molar-refractivity contribution in [3.8, 4) is 11.8 Å². The molecule has 0 N–H and O–H groups in total. The van der Waals surface area contributed by atoms with Crippen LogP contribution in [0.5, 0.6) is 5.75 Å². The van der Waals surface area contributed by atoms with Crippen LogP contribution in [-0.2, 0) is 21.1 Å². The molecule has 35 heavy (non-hydrogen) atoms. The molecular formula is C26H32ClN3O4S. The second-order valence-corrected chi connectivity index (χ2v) is 11.8. The number of benzene rings is 2. The van der Waals surface area contributed by atoms with Crippen LogP contribution >= 0.6 is 11.6 Å². The van der Waals surface area contributed by atoms with Gasteiger partial charge >= 0.3 is 0 Å². The smallest absolute Gasteiger partial charge is 0.219 e. The number of carbonyl (C=O) groups is 1. The quantitative estimate of drug-likeness (QED) is 0.478. The lowest BCUT2D eigenvalue weighted by Crippen LogP contribution is -2.29. The lowest BCUT2D eigenvalue weighted by atomic mass is 9.99. The van der Waals surface area contributed by atoms with Crippen LogP contribution < -0.4 is 4.74 Å². The zero-order valence-electron chi connectivity index (χ0n) is 20.4. The molecule has 2 atom stereocenters. The van der Waals surface area contributed by atoms with Crippen molar-refractivity contribution in [2.45, 2.75) is 25.2 Å². The summed E-state index contributed by atoms with van der Waals surface area (Å²) >= 11 is 6.12. The first-order valence-electron chi connectivity index (χ1n) is 11.7. The molecular weight excluding hydrogens is 486 g/mol. The van der Waals surface area contributed by atoms with Gasteiger partial charge in [-0.05, 0) is 60.4 Å². The van der Waals surface area contributed by atoms with Gasteiger partial charge in [-0.15, -0.1) is 0 Å². The summed E-state index contributed by atoms with van der Waals surface area (Å²) in [6.45, 7) is 7.13. The molecule has 1 saturated heterocycles. The van der Waals surface area contributed by atoms with E-state index in [1.54, 1.807) is 37.4 Å². The molecule has 7 nitrogen and oxygen atoms in total. The van der Waals surface area contributed by atoms with Crippen LogP contribution in [0, 0.1) is 23.2 Å². The van der Waals surface area contributed by atoms with E-state index in [1.165, 1.54) is 11.8 Å². The van der Waals surface area contributed by atoms with Gasteiger partial charge in [0.05, 0.1) is 28.9 Å². The van der Waals surface area contributed by atoms with Gasteiger partial charge in [-0.3, -0.25) is 4.79 Å². The van der Waals surface area contributed by atoms with Crippen molar-refractivity contribution in [2.24, 2.45) is 11.8 Å². The molecule has 9 heteroatoms. The molecule has 2 aromatic carbocycles. The molecule has 0 aliphatic carbocycles. The van der Waals surface area contributed by atoms with Gasteiger partial charge in [-0.1, -0.05) is 18.5 Å². The number of hydrogen-bond donors (Lipinski definition) is 0. The Balaban J connectivity index is 1.48. The van der Waals surface area contributed by atoms with Crippen LogP contribution in [0.3, 0.4) is 0 Å². The molecule has 1 fully saturated rings. The van der Waals surface area contributed by atoms with Crippen LogP contribution in [0.1, 0.15) is 25.0 Å². The van der Waals surface area contributed by atoms with Crippen molar-refractivity contribution in [3.05, 3.63) is 58.6 Å². The third kappa shape index (κ3) is 7.69. The molecule has 0 unspecified atom stereocenters. The highest BCUT2D eigenvalue weighted by atomic mass is 35.5. The summed E-state index contributed by atoms with van der Waals surface area (Å²) < 4.78 is 31.0. The van der Waals surface area contributed by atoms with Crippen LogP contribution in [0.15, 0.2) is 47.4 Å². The standard InChI is InChI=1S/C26H32ClN3O4S/c1-19-16-30(9-8-21-12-22(15-28)14-24(27)13-21)17-23(19)18-34-25-4-6-26(7-5-25)35(32,33)11-10-29(3)20(2)31/h4-7,12-14,19,23H,8-11,16-18H2,1-3H3/t19-,23+/m1/s1. The first-order chi connectivity index (χ1) is 16.6. The summed E-state index contributed by atoms with van der Waals surface area (Å²) in [5.74, 6) is 1.20. The molecule has 0 saturated carbocycles. The van der Waals surface area contributed by atoms with Crippen molar-refractivity contribution < 1.29 is 17.9 Å². The van der Waals surface area contributed by atoms with E-state index >= 15 is 0 Å². The number of hydrogen-bond acceptors (Lipinski definition) is 6. The predicted molar refractivity (Wildman–Crippen MR) is 136 cm³/mol. The average Bonchev–Trinajstić information content (AvgIpc) is 3.19. The maximum atomic E-state index is 12.5. The van der Waals surface area contributed by atoms with Crippen molar-refractivity contribution in [1.29, 1.82) is 5.26 Å². The number of nitrogens with zero attached hydrogens (tertiary/aromatic N) is 3. The lowest BCUT2D eigenvalue weighted by molar-refractivity contribution is -0.127. The number of rotatable bonds is 10. The normalized spacial score (nSPS) is 18.3. The summed E-state index contributed by atoms with van der Waals surface area (Å²) in [6, 6.07) is 14.1.